The zero-order chi connectivity index (χ0) is 19.8. The minimum absolute atomic E-state index is 0.0455. The summed E-state index contributed by atoms with van der Waals surface area (Å²) in [5.74, 6) is -0.417. The highest BCUT2D eigenvalue weighted by molar-refractivity contribution is 6.05. The summed E-state index contributed by atoms with van der Waals surface area (Å²) in [6, 6.07) is 13.1. The normalized spacial score (nSPS) is 17.0. The molecular weight excluding hydrogens is 364 g/mol. The maximum Gasteiger partial charge on any atom is 0.261 e. The van der Waals surface area contributed by atoms with Crippen molar-refractivity contribution >= 4 is 28.2 Å². The number of fused-ring (bicyclic) bond motifs is 3. The Kier molecular flexibility index (Phi) is 4.21. The Morgan fingerprint density at radius 3 is 2.76 bits per heavy atom. The summed E-state index contributed by atoms with van der Waals surface area (Å²) in [6.45, 7) is 1.99. The molecule has 6 heteroatoms. The summed E-state index contributed by atoms with van der Waals surface area (Å²) in [6.07, 6.45) is 7.83. The van der Waals surface area contributed by atoms with Gasteiger partial charge in [0.2, 0.25) is 5.43 Å². The Hall–Kier alpha value is -3.38. The summed E-state index contributed by atoms with van der Waals surface area (Å²) in [5, 5.41) is 10.1. The molecule has 1 amide bonds. The molecule has 1 aromatic heterocycles. The van der Waals surface area contributed by atoms with E-state index in [1.807, 2.05) is 30.5 Å². The van der Waals surface area contributed by atoms with Crippen LogP contribution in [-0.4, -0.2) is 24.0 Å². The molecule has 5 rings (SSSR count). The van der Waals surface area contributed by atoms with Gasteiger partial charge in [-0.3, -0.25) is 9.59 Å². The number of pyridine rings is 1. The van der Waals surface area contributed by atoms with Gasteiger partial charge in [-0.2, -0.15) is 0 Å². The van der Waals surface area contributed by atoms with E-state index in [1.54, 1.807) is 12.1 Å². The SMILES string of the molecule is O=C(Nc1ccc2c(c1)NC=CC21CCNCC1)c1c[nH]c2ccccc2c1=O. The number of nitrogens with one attached hydrogen (secondary N) is 4. The zero-order valence-corrected chi connectivity index (χ0v) is 15.9. The van der Waals surface area contributed by atoms with Gasteiger partial charge >= 0.3 is 0 Å². The van der Waals surface area contributed by atoms with E-state index >= 15 is 0 Å². The van der Waals surface area contributed by atoms with E-state index in [-0.39, 0.29) is 16.4 Å². The number of amides is 1. The largest absolute Gasteiger partial charge is 0.362 e. The van der Waals surface area contributed by atoms with E-state index in [2.05, 4.69) is 33.1 Å². The van der Waals surface area contributed by atoms with E-state index < -0.39 is 5.91 Å². The molecule has 1 saturated heterocycles. The fourth-order valence-corrected chi connectivity index (χ4v) is 4.40. The lowest BCUT2D eigenvalue weighted by atomic mass is 9.71. The van der Waals surface area contributed by atoms with E-state index in [1.165, 1.54) is 11.8 Å². The van der Waals surface area contributed by atoms with Crippen LogP contribution in [0.2, 0.25) is 0 Å². The summed E-state index contributed by atoms with van der Waals surface area (Å²) in [4.78, 5) is 28.5. The molecule has 3 heterocycles. The Morgan fingerprint density at radius 2 is 1.90 bits per heavy atom. The Balaban J connectivity index is 1.44. The van der Waals surface area contributed by atoms with Crippen LogP contribution < -0.4 is 21.4 Å². The van der Waals surface area contributed by atoms with Crippen LogP contribution in [0.15, 0.2) is 65.7 Å². The molecule has 6 nitrogen and oxygen atoms in total. The number of piperidine rings is 1. The number of benzene rings is 2. The van der Waals surface area contributed by atoms with Crippen molar-refractivity contribution in [1.82, 2.24) is 10.3 Å². The number of hydrogen-bond donors (Lipinski definition) is 4. The molecule has 2 aliphatic heterocycles. The highest BCUT2D eigenvalue weighted by Gasteiger charge is 2.35. The molecule has 3 aromatic rings. The molecule has 146 valence electrons. The number of aromatic amines is 1. The number of hydrogen-bond acceptors (Lipinski definition) is 4. The molecule has 29 heavy (non-hydrogen) atoms. The Morgan fingerprint density at radius 1 is 1.07 bits per heavy atom. The van der Waals surface area contributed by atoms with Crippen molar-refractivity contribution in [2.24, 2.45) is 0 Å². The number of para-hydroxylation sites is 1. The second-order valence-corrected chi connectivity index (χ2v) is 7.68. The maximum absolute atomic E-state index is 12.8. The number of carbonyl (C=O) groups is 1. The second-order valence-electron chi connectivity index (χ2n) is 7.68. The average molecular weight is 386 g/mol. The molecular formula is C23H22N4O2. The zero-order valence-electron chi connectivity index (χ0n) is 15.9. The molecule has 0 bridgehead atoms. The standard InChI is InChI=1S/C23H22N4O2/c28-21-16-3-1-2-4-19(16)26-14-17(21)22(29)27-15-5-6-18-20(13-15)25-12-9-23(18)7-10-24-11-8-23/h1-6,9,12-14,24-25H,7-8,10-11H2,(H,26,28)(H,27,29). The molecule has 1 spiro atoms. The summed E-state index contributed by atoms with van der Waals surface area (Å²) >= 11 is 0. The van der Waals surface area contributed by atoms with Crippen molar-refractivity contribution in [3.63, 3.8) is 0 Å². The fraction of sp³-hybridized carbons (Fsp3) is 0.217. The van der Waals surface area contributed by atoms with Crippen molar-refractivity contribution in [3.05, 3.63) is 82.3 Å². The van der Waals surface area contributed by atoms with Crippen LogP contribution in [-0.2, 0) is 5.41 Å². The smallest absolute Gasteiger partial charge is 0.261 e. The van der Waals surface area contributed by atoms with Gasteiger partial charge in [0.05, 0.1) is 0 Å². The van der Waals surface area contributed by atoms with Gasteiger partial charge in [0.15, 0.2) is 0 Å². The predicted molar refractivity (Wildman–Crippen MR) is 116 cm³/mol. The number of anilines is 2. The molecule has 4 N–H and O–H groups in total. The third kappa shape index (κ3) is 3.02. The number of allylic oxidation sites excluding steroid dienone is 1. The van der Waals surface area contributed by atoms with Crippen molar-refractivity contribution in [3.8, 4) is 0 Å². The molecule has 1 fully saturated rings. The molecule has 0 aliphatic carbocycles. The minimum Gasteiger partial charge on any atom is -0.362 e. The lowest BCUT2D eigenvalue weighted by molar-refractivity contribution is 0.102. The summed E-state index contributed by atoms with van der Waals surface area (Å²) < 4.78 is 0. The quantitative estimate of drug-likeness (QED) is 0.544. The number of rotatable bonds is 2. The van der Waals surface area contributed by atoms with Gasteiger partial charge in [-0.1, -0.05) is 24.3 Å². The number of H-pyrrole nitrogens is 1. The lowest BCUT2D eigenvalue weighted by Gasteiger charge is -2.39. The average Bonchev–Trinajstić information content (AvgIpc) is 2.75. The fourth-order valence-electron chi connectivity index (χ4n) is 4.40. The van der Waals surface area contributed by atoms with E-state index in [0.29, 0.717) is 16.6 Å². The molecule has 0 atom stereocenters. The highest BCUT2D eigenvalue weighted by Crippen LogP contribution is 2.42. The van der Waals surface area contributed by atoms with E-state index in [4.69, 9.17) is 0 Å². The van der Waals surface area contributed by atoms with Gasteiger partial charge in [-0.05, 0) is 62.0 Å². The first kappa shape index (κ1) is 17.7. The third-order valence-electron chi connectivity index (χ3n) is 5.98. The van der Waals surface area contributed by atoms with Crippen LogP contribution in [0, 0.1) is 0 Å². The Labute approximate surface area is 168 Å². The number of carbonyl (C=O) groups excluding carboxylic acids is 1. The maximum atomic E-state index is 12.8. The molecule has 0 radical (unpaired) electrons. The number of aromatic nitrogens is 1. The topological polar surface area (TPSA) is 86.0 Å². The summed E-state index contributed by atoms with van der Waals surface area (Å²) in [7, 11) is 0. The molecule has 2 aromatic carbocycles. The molecule has 2 aliphatic rings. The first-order valence-corrected chi connectivity index (χ1v) is 9.88. The van der Waals surface area contributed by atoms with Crippen LogP contribution >= 0.6 is 0 Å². The van der Waals surface area contributed by atoms with Crippen molar-refractivity contribution < 1.29 is 4.79 Å². The predicted octanol–water partition coefficient (Wildman–Crippen LogP) is 3.34. The van der Waals surface area contributed by atoms with Gasteiger partial charge < -0.3 is 20.9 Å². The van der Waals surface area contributed by atoms with Gasteiger partial charge in [0.25, 0.3) is 5.91 Å². The molecule has 0 unspecified atom stereocenters. The first-order valence-electron chi connectivity index (χ1n) is 9.88. The van der Waals surface area contributed by atoms with Crippen molar-refractivity contribution in [2.45, 2.75) is 18.3 Å². The van der Waals surface area contributed by atoms with Crippen LogP contribution in [0.1, 0.15) is 28.8 Å². The van der Waals surface area contributed by atoms with E-state index in [0.717, 1.165) is 31.6 Å². The van der Waals surface area contributed by atoms with Gasteiger partial charge in [0, 0.05) is 33.9 Å². The van der Waals surface area contributed by atoms with Gasteiger partial charge in [-0.25, -0.2) is 0 Å². The summed E-state index contributed by atoms with van der Waals surface area (Å²) in [5.41, 5.74) is 3.50. The van der Waals surface area contributed by atoms with Crippen LogP contribution in [0.25, 0.3) is 10.9 Å². The monoisotopic (exact) mass is 386 g/mol. The van der Waals surface area contributed by atoms with Crippen LogP contribution in [0.4, 0.5) is 11.4 Å². The second kappa shape index (κ2) is 6.90. The lowest BCUT2D eigenvalue weighted by Crippen LogP contribution is -2.40. The van der Waals surface area contributed by atoms with Crippen LogP contribution in [0.3, 0.4) is 0 Å². The van der Waals surface area contributed by atoms with Gasteiger partial charge in [-0.15, -0.1) is 0 Å². The highest BCUT2D eigenvalue weighted by atomic mass is 16.2. The Bertz CT molecular complexity index is 1190. The van der Waals surface area contributed by atoms with Crippen molar-refractivity contribution in [1.29, 1.82) is 0 Å². The molecule has 0 saturated carbocycles. The minimum atomic E-state index is -0.417. The van der Waals surface area contributed by atoms with Crippen molar-refractivity contribution in [2.75, 3.05) is 23.7 Å². The third-order valence-corrected chi connectivity index (χ3v) is 5.98. The first-order chi connectivity index (χ1) is 14.2. The van der Waals surface area contributed by atoms with E-state index in [9.17, 15) is 9.59 Å². The van der Waals surface area contributed by atoms with Crippen LogP contribution in [0.5, 0.6) is 0 Å². The van der Waals surface area contributed by atoms with Gasteiger partial charge in [0.1, 0.15) is 5.56 Å².